The summed E-state index contributed by atoms with van der Waals surface area (Å²) in [6.07, 6.45) is 3.47. The predicted molar refractivity (Wildman–Crippen MR) is 106 cm³/mol. The lowest BCUT2D eigenvalue weighted by Gasteiger charge is -2.28. The van der Waals surface area contributed by atoms with Crippen LogP contribution in [0, 0.1) is 6.92 Å². The van der Waals surface area contributed by atoms with Crippen LogP contribution in [0.1, 0.15) is 5.56 Å². The third kappa shape index (κ3) is 4.06. The Hall–Kier alpha value is -2.59. The van der Waals surface area contributed by atoms with E-state index in [0.29, 0.717) is 29.7 Å². The first-order valence-electron chi connectivity index (χ1n) is 8.44. The highest BCUT2D eigenvalue weighted by molar-refractivity contribution is 7.91. The van der Waals surface area contributed by atoms with E-state index in [9.17, 15) is 8.42 Å². The van der Waals surface area contributed by atoms with Gasteiger partial charge >= 0.3 is 0 Å². The van der Waals surface area contributed by atoms with Gasteiger partial charge in [-0.2, -0.15) is 9.36 Å². The van der Waals surface area contributed by atoms with Crippen LogP contribution >= 0.6 is 11.5 Å². The first-order valence-corrected chi connectivity index (χ1v) is 11.0. The van der Waals surface area contributed by atoms with E-state index in [1.54, 1.807) is 12.4 Å². The number of hydrogen-bond donors (Lipinski definition) is 1. The SMILES string of the molecule is Cc1cccnc1Nc1nc(-c2ccc(N3CCS(=O)(=O)CC3)cn2)ns1. The van der Waals surface area contributed by atoms with Gasteiger partial charge in [0.05, 0.1) is 23.4 Å². The number of anilines is 3. The summed E-state index contributed by atoms with van der Waals surface area (Å²) in [5.74, 6) is 1.67. The van der Waals surface area contributed by atoms with E-state index in [1.165, 1.54) is 11.5 Å². The lowest BCUT2D eigenvalue weighted by molar-refractivity contribution is 0.586. The number of aryl methyl sites for hydroxylation is 1. The van der Waals surface area contributed by atoms with Crippen molar-refractivity contribution < 1.29 is 8.42 Å². The number of nitrogens with one attached hydrogen (secondary N) is 1. The zero-order chi connectivity index (χ0) is 18.9. The fourth-order valence-electron chi connectivity index (χ4n) is 2.77. The summed E-state index contributed by atoms with van der Waals surface area (Å²) in [6, 6.07) is 7.65. The minimum absolute atomic E-state index is 0.185. The van der Waals surface area contributed by atoms with Crippen molar-refractivity contribution in [1.82, 2.24) is 19.3 Å². The number of rotatable bonds is 4. The lowest BCUT2D eigenvalue weighted by atomic mass is 10.3. The van der Waals surface area contributed by atoms with Gasteiger partial charge in [-0.05, 0) is 30.7 Å². The Morgan fingerprint density at radius 2 is 1.96 bits per heavy atom. The van der Waals surface area contributed by atoms with Crippen LogP contribution in [-0.4, -0.2) is 52.3 Å². The van der Waals surface area contributed by atoms with Crippen LogP contribution in [0.5, 0.6) is 0 Å². The van der Waals surface area contributed by atoms with Crippen molar-refractivity contribution in [3.63, 3.8) is 0 Å². The Balaban J connectivity index is 1.47. The van der Waals surface area contributed by atoms with Crippen LogP contribution in [0.3, 0.4) is 0 Å². The van der Waals surface area contributed by atoms with Gasteiger partial charge in [-0.1, -0.05) is 6.07 Å². The van der Waals surface area contributed by atoms with E-state index in [-0.39, 0.29) is 11.5 Å². The molecule has 0 atom stereocenters. The summed E-state index contributed by atoms with van der Waals surface area (Å²) in [5.41, 5.74) is 2.61. The monoisotopic (exact) mass is 402 g/mol. The fraction of sp³-hybridized carbons (Fsp3) is 0.294. The van der Waals surface area contributed by atoms with E-state index >= 15 is 0 Å². The maximum Gasteiger partial charge on any atom is 0.208 e. The Bertz CT molecular complexity index is 1040. The van der Waals surface area contributed by atoms with Crippen molar-refractivity contribution in [2.75, 3.05) is 34.8 Å². The van der Waals surface area contributed by atoms with Gasteiger partial charge < -0.3 is 10.2 Å². The molecule has 1 aliphatic rings. The van der Waals surface area contributed by atoms with Gasteiger partial charge in [-0.15, -0.1) is 0 Å². The Morgan fingerprint density at radius 3 is 2.67 bits per heavy atom. The topological polar surface area (TPSA) is 101 Å². The second-order valence-electron chi connectivity index (χ2n) is 6.26. The molecule has 0 aliphatic carbocycles. The number of hydrogen-bond acceptors (Lipinski definition) is 9. The molecule has 27 heavy (non-hydrogen) atoms. The highest BCUT2D eigenvalue weighted by Crippen LogP contribution is 2.25. The summed E-state index contributed by atoms with van der Waals surface area (Å²) >= 11 is 1.25. The molecule has 140 valence electrons. The van der Waals surface area contributed by atoms with Gasteiger partial charge in [-0.3, -0.25) is 4.98 Å². The number of aromatic nitrogens is 4. The minimum atomic E-state index is -2.89. The molecule has 0 saturated carbocycles. The Morgan fingerprint density at radius 1 is 1.15 bits per heavy atom. The largest absolute Gasteiger partial charge is 0.368 e. The van der Waals surface area contributed by atoms with Crippen molar-refractivity contribution in [2.45, 2.75) is 6.92 Å². The molecule has 8 nitrogen and oxygen atoms in total. The molecule has 1 aliphatic heterocycles. The van der Waals surface area contributed by atoms with Gasteiger partial charge in [0.2, 0.25) is 5.13 Å². The average Bonchev–Trinajstić information content (AvgIpc) is 3.12. The van der Waals surface area contributed by atoms with Crippen LogP contribution in [-0.2, 0) is 9.84 Å². The van der Waals surface area contributed by atoms with Gasteiger partial charge in [0.25, 0.3) is 0 Å². The van der Waals surface area contributed by atoms with Crippen LogP contribution in [0.25, 0.3) is 11.5 Å². The molecule has 0 bridgehead atoms. The van der Waals surface area contributed by atoms with Gasteiger partial charge in [-0.25, -0.2) is 13.4 Å². The average molecular weight is 403 g/mol. The van der Waals surface area contributed by atoms with Gasteiger partial charge in [0, 0.05) is 30.8 Å². The molecule has 0 amide bonds. The van der Waals surface area contributed by atoms with Crippen molar-refractivity contribution in [2.24, 2.45) is 0 Å². The minimum Gasteiger partial charge on any atom is -0.368 e. The predicted octanol–water partition coefficient (Wildman–Crippen LogP) is 2.28. The van der Waals surface area contributed by atoms with E-state index < -0.39 is 9.84 Å². The standard InChI is InChI=1S/C17H18N6O2S2/c1-12-3-2-6-18-15(12)20-17-21-16(22-26-17)14-5-4-13(11-19-14)23-7-9-27(24,25)10-8-23/h2-6,11H,7-10H2,1H3,(H,18,20,21,22). The van der Waals surface area contributed by atoms with Crippen molar-refractivity contribution in [3.8, 4) is 11.5 Å². The summed E-state index contributed by atoms with van der Waals surface area (Å²) in [4.78, 5) is 15.2. The third-order valence-electron chi connectivity index (χ3n) is 4.35. The number of pyridine rings is 2. The van der Waals surface area contributed by atoms with Crippen molar-refractivity contribution in [1.29, 1.82) is 0 Å². The Kier molecular flexibility index (Phi) is 4.75. The second-order valence-corrected chi connectivity index (χ2v) is 9.31. The molecule has 0 spiro atoms. The second kappa shape index (κ2) is 7.20. The molecule has 1 N–H and O–H groups in total. The molecule has 0 radical (unpaired) electrons. The van der Waals surface area contributed by atoms with Crippen molar-refractivity contribution >= 4 is 38.0 Å². The lowest BCUT2D eigenvalue weighted by Crippen LogP contribution is -2.40. The molecular formula is C17H18N6O2S2. The van der Waals surface area contributed by atoms with Gasteiger partial charge in [0.1, 0.15) is 11.5 Å². The maximum atomic E-state index is 11.6. The van der Waals surface area contributed by atoms with Crippen molar-refractivity contribution in [3.05, 3.63) is 42.2 Å². The number of sulfone groups is 1. The van der Waals surface area contributed by atoms with E-state index in [0.717, 1.165) is 17.1 Å². The zero-order valence-electron chi connectivity index (χ0n) is 14.7. The van der Waals surface area contributed by atoms with Crippen LogP contribution in [0.15, 0.2) is 36.7 Å². The van der Waals surface area contributed by atoms with Crippen LogP contribution in [0.4, 0.5) is 16.6 Å². The highest BCUT2D eigenvalue weighted by atomic mass is 32.2. The third-order valence-corrected chi connectivity index (χ3v) is 6.59. The molecule has 4 heterocycles. The molecular weight excluding hydrogens is 384 g/mol. The quantitative estimate of drug-likeness (QED) is 0.709. The molecule has 0 aromatic carbocycles. The summed E-state index contributed by atoms with van der Waals surface area (Å²) in [7, 11) is -2.89. The molecule has 3 aromatic rings. The van der Waals surface area contributed by atoms with Crippen LogP contribution in [0.2, 0.25) is 0 Å². The van der Waals surface area contributed by atoms with Crippen LogP contribution < -0.4 is 10.2 Å². The molecule has 3 aromatic heterocycles. The van der Waals surface area contributed by atoms with E-state index in [1.807, 2.05) is 36.1 Å². The molecule has 1 fully saturated rings. The molecule has 1 saturated heterocycles. The first-order chi connectivity index (χ1) is 13.0. The maximum absolute atomic E-state index is 11.6. The van der Waals surface area contributed by atoms with E-state index in [4.69, 9.17) is 0 Å². The fourth-order valence-corrected chi connectivity index (χ4v) is 4.55. The summed E-state index contributed by atoms with van der Waals surface area (Å²) in [6.45, 7) is 2.97. The number of nitrogens with zero attached hydrogens (tertiary/aromatic N) is 5. The molecule has 10 heteroatoms. The zero-order valence-corrected chi connectivity index (χ0v) is 16.3. The first kappa shape index (κ1) is 17.8. The Labute approximate surface area is 161 Å². The van der Waals surface area contributed by atoms with Gasteiger partial charge in [0.15, 0.2) is 15.7 Å². The molecule has 0 unspecified atom stereocenters. The highest BCUT2D eigenvalue weighted by Gasteiger charge is 2.22. The smallest absolute Gasteiger partial charge is 0.208 e. The van der Waals surface area contributed by atoms with E-state index in [2.05, 4.69) is 24.6 Å². The normalized spacial score (nSPS) is 16.3. The summed E-state index contributed by atoms with van der Waals surface area (Å²) in [5, 5.41) is 3.83. The summed E-state index contributed by atoms with van der Waals surface area (Å²) < 4.78 is 27.5. The molecule has 4 rings (SSSR count).